The van der Waals surface area contributed by atoms with Crippen molar-refractivity contribution < 1.29 is 0 Å². The van der Waals surface area contributed by atoms with Crippen molar-refractivity contribution >= 4 is 23.7 Å². The highest BCUT2D eigenvalue weighted by atomic mass is 15.7. The first kappa shape index (κ1) is 15.7. The third kappa shape index (κ3) is 2.76. The molecule has 3 aromatic rings. The monoisotopic (exact) mass is 339 g/mol. The molecule has 1 aliphatic rings. The lowest BCUT2D eigenvalue weighted by molar-refractivity contribution is 0.376. The van der Waals surface area contributed by atoms with Crippen LogP contribution in [0.3, 0.4) is 0 Å². The molecule has 1 aliphatic heterocycles. The summed E-state index contributed by atoms with van der Waals surface area (Å²) in [6.45, 7) is 5.87. The van der Waals surface area contributed by atoms with Gasteiger partial charge in [0.15, 0.2) is 17.3 Å². The third-order valence-electron chi connectivity index (χ3n) is 4.39. The van der Waals surface area contributed by atoms with Crippen LogP contribution in [0.4, 0.5) is 5.95 Å². The molecule has 0 saturated carbocycles. The molecule has 0 atom stereocenters. The Morgan fingerprint density at radius 1 is 1.04 bits per heavy atom. The van der Waals surface area contributed by atoms with Crippen LogP contribution in [0.15, 0.2) is 6.20 Å². The van der Waals surface area contributed by atoms with Crippen LogP contribution < -0.4 is 5.01 Å². The molecule has 0 bridgehead atoms. The van der Waals surface area contributed by atoms with E-state index in [1.807, 2.05) is 37.6 Å². The van der Waals surface area contributed by atoms with E-state index >= 15 is 0 Å². The van der Waals surface area contributed by atoms with Crippen molar-refractivity contribution in [1.29, 1.82) is 0 Å². The van der Waals surface area contributed by atoms with E-state index in [1.54, 1.807) is 10.9 Å². The van der Waals surface area contributed by atoms with Gasteiger partial charge in [-0.2, -0.15) is 4.98 Å². The summed E-state index contributed by atoms with van der Waals surface area (Å²) in [6.07, 6.45) is 6.66. The number of fused-ring (bicyclic) bond motifs is 1. The minimum atomic E-state index is 0.627. The predicted molar refractivity (Wildman–Crippen MR) is 94.8 cm³/mol. The van der Waals surface area contributed by atoms with Gasteiger partial charge in [-0.3, -0.25) is 9.99 Å². The molecule has 0 aliphatic carbocycles. The summed E-state index contributed by atoms with van der Waals surface area (Å²) in [4.78, 5) is 13.5. The highest BCUT2D eigenvalue weighted by molar-refractivity contribution is 5.65. The third-order valence-corrected chi connectivity index (χ3v) is 4.39. The van der Waals surface area contributed by atoms with Crippen LogP contribution in [0.5, 0.6) is 0 Å². The second-order valence-corrected chi connectivity index (χ2v) is 6.28. The Balaban J connectivity index is 1.63. The lowest BCUT2D eigenvalue weighted by Gasteiger charge is -2.21. The van der Waals surface area contributed by atoms with E-state index in [4.69, 9.17) is 0 Å². The van der Waals surface area contributed by atoms with Crippen molar-refractivity contribution in [2.24, 2.45) is 7.05 Å². The van der Waals surface area contributed by atoms with E-state index in [0.29, 0.717) is 5.82 Å². The fourth-order valence-electron chi connectivity index (χ4n) is 2.96. The van der Waals surface area contributed by atoms with E-state index < -0.39 is 0 Å². The molecule has 25 heavy (non-hydrogen) atoms. The second kappa shape index (κ2) is 5.92. The van der Waals surface area contributed by atoms with Crippen LogP contribution in [0, 0.1) is 13.8 Å². The van der Waals surface area contributed by atoms with Gasteiger partial charge in [-0.05, 0) is 32.4 Å². The zero-order valence-electron chi connectivity index (χ0n) is 14.9. The van der Waals surface area contributed by atoms with Crippen molar-refractivity contribution in [2.45, 2.75) is 20.3 Å². The maximum absolute atomic E-state index is 4.62. The van der Waals surface area contributed by atoms with Gasteiger partial charge in [-0.25, -0.2) is 19.2 Å². The Bertz CT molecular complexity index is 913. The summed E-state index contributed by atoms with van der Waals surface area (Å²) in [6, 6.07) is 0. The van der Waals surface area contributed by atoms with Crippen LogP contribution in [0.1, 0.15) is 29.5 Å². The molecule has 9 nitrogen and oxygen atoms in total. The molecule has 0 radical (unpaired) electrons. The lowest BCUT2D eigenvalue weighted by Crippen LogP contribution is -2.33. The Hall–Kier alpha value is -2.81. The van der Waals surface area contributed by atoms with Crippen LogP contribution in [0.25, 0.3) is 17.8 Å². The fourth-order valence-corrected chi connectivity index (χ4v) is 2.96. The first-order valence-electron chi connectivity index (χ1n) is 8.29. The molecule has 4 rings (SSSR count). The molecular weight excluding hydrogens is 318 g/mol. The van der Waals surface area contributed by atoms with Gasteiger partial charge in [0, 0.05) is 33.4 Å². The summed E-state index contributed by atoms with van der Waals surface area (Å²) in [5.74, 6) is 2.11. The Labute approximate surface area is 145 Å². The normalized spacial score (nSPS) is 15.9. The zero-order valence-corrected chi connectivity index (χ0v) is 14.9. The van der Waals surface area contributed by atoms with Crippen molar-refractivity contribution in [1.82, 2.24) is 39.4 Å². The summed E-state index contributed by atoms with van der Waals surface area (Å²) in [7, 11) is 3.94. The largest absolute Gasteiger partial charge is 0.272 e. The minimum absolute atomic E-state index is 0.627. The molecule has 4 heterocycles. The Morgan fingerprint density at radius 3 is 2.60 bits per heavy atom. The van der Waals surface area contributed by atoms with E-state index in [-0.39, 0.29) is 0 Å². The molecule has 1 fully saturated rings. The first-order valence-corrected chi connectivity index (χ1v) is 8.29. The molecule has 1 saturated heterocycles. The van der Waals surface area contributed by atoms with Gasteiger partial charge < -0.3 is 0 Å². The Morgan fingerprint density at radius 2 is 1.88 bits per heavy atom. The highest BCUT2D eigenvalue weighted by Gasteiger charge is 2.22. The zero-order chi connectivity index (χ0) is 17.6. The summed E-state index contributed by atoms with van der Waals surface area (Å²) in [5.41, 5.74) is 2.58. The molecule has 130 valence electrons. The van der Waals surface area contributed by atoms with Crippen LogP contribution in [-0.4, -0.2) is 59.5 Å². The molecule has 0 unspecified atom stereocenters. The van der Waals surface area contributed by atoms with Gasteiger partial charge in [0.1, 0.15) is 0 Å². The number of hydrogen-bond donors (Lipinski definition) is 0. The number of hydrazine groups is 1. The quantitative estimate of drug-likeness (QED) is 0.707. The van der Waals surface area contributed by atoms with E-state index in [2.05, 4.69) is 42.2 Å². The van der Waals surface area contributed by atoms with Gasteiger partial charge in [-0.15, -0.1) is 10.2 Å². The average Bonchev–Trinajstić information content (AvgIpc) is 3.28. The molecule has 0 spiro atoms. The SMILES string of the molecule is Cc1ncc(C)n2nc(/C=C/c3nc(N4CCCN4C)nn3C)nc12. The standard InChI is InChI=1S/C16H21N9/c1-11-10-17-12(2)15-18-13(20-25(11)15)6-7-14-19-16(21-23(14)4)24-9-5-8-22(24)3/h6-7,10H,5,8-9H2,1-4H3/b7-6+. The van der Waals surface area contributed by atoms with Gasteiger partial charge in [0.05, 0.1) is 11.4 Å². The van der Waals surface area contributed by atoms with Gasteiger partial charge in [0.2, 0.25) is 0 Å². The summed E-state index contributed by atoms with van der Waals surface area (Å²) in [5, 5.41) is 13.3. The van der Waals surface area contributed by atoms with Crippen LogP contribution >= 0.6 is 0 Å². The van der Waals surface area contributed by atoms with E-state index in [1.165, 1.54) is 0 Å². The average molecular weight is 339 g/mol. The first-order chi connectivity index (χ1) is 12.0. The lowest BCUT2D eigenvalue weighted by atomic mass is 10.4. The van der Waals surface area contributed by atoms with Gasteiger partial charge >= 0.3 is 0 Å². The number of anilines is 1. The maximum atomic E-state index is 4.62. The van der Waals surface area contributed by atoms with E-state index in [9.17, 15) is 0 Å². The van der Waals surface area contributed by atoms with Crippen molar-refractivity contribution in [3.8, 4) is 0 Å². The maximum Gasteiger partial charge on any atom is 0.259 e. The molecule has 0 N–H and O–H groups in total. The van der Waals surface area contributed by atoms with Gasteiger partial charge in [0.25, 0.3) is 5.95 Å². The van der Waals surface area contributed by atoms with Crippen LogP contribution in [-0.2, 0) is 7.05 Å². The molecule has 0 amide bonds. The number of hydrogen-bond acceptors (Lipinski definition) is 7. The van der Waals surface area contributed by atoms with Crippen molar-refractivity contribution in [2.75, 3.05) is 25.1 Å². The number of aromatic nitrogens is 7. The molecule has 9 heteroatoms. The number of aryl methyl sites for hydroxylation is 3. The van der Waals surface area contributed by atoms with E-state index in [0.717, 1.165) is 48.3 Å². The molecule has 3 aromatic heterocycles. The van der Waals surface area contributed by atoms with Crippen molar-refractivity contribution in [3.63, 3.8) is 0 Å². The molecular formula is C16H21N9. The van der Waals surface area contributed by atoms with Crippen LogP contribution in [0.2, 0.25) is 0 Å². The number of nitrogens with zero attached hydrogens (tertiary/aromatic N) is 9. The minimum Gasteiger partial charge on any atom is -0.272 e. The van der Waals surface area contributed by atoms with Gasteiger partial charge in [-0.1, -0.05) is 0 Å². The summed E-state index contributed by atoms with van der Waals surface area (Å²) < 4.78 is 3.58. The second-order valence-electron chi connectivity index (χ2n) is 6.28. The van der Waals surface area contributed by atoms with Crippen molar-refractivity contribution in [3.05, 3.63) is 29.2 Å². The molecule has 0 aromatic carbocycles. The predicted octanol–water partition coefficient (Wildman–Crippen LogP) is 1.10. The highest BCUT2D eigenvalue weighted by Crippen LogP contribution is 2.17. The Kier molecular flexibility index (Phi) is 3.72. The fraction of sp³-hybridized carbons (Fsp3) is 0.438. The smallest absolute Gasteiger partial charge is 0.259 e. The summed E-state index contributed by atoms with van der Waals surface area (Å²) >= 11 is 0. The topological polar surface area (TPSA) is 80.3 Å². The number of rotatable bonds is 3.